The molecule has 1 unspecified atom stereocenters. The number of hydrogen-bond donors (Lipinski definition) is 0. The molecule has 0 saturated carbocycles. The highest BCUT2D eigenvalue weighted by molar-refractivity contribution is 5.34. The smallest absolute Gasteiger partial charge is 0.138 e. The van der Waals surface area contributed by atoms with Crippen molar-refractivity contribution in [3.63, 3.8) is 0 Å². The molecule has 1 atom stereocenters. The maximum Gasteiger partial charge on any atom is 0.138 e. The van der Waals surface area contributed by atoms with Crippen molar-refractivity contribution in [2.24, 2.45) is 0 Å². The molecular weight excluding hydrogens is 300 g/mol. The molecule has 0 saturated heterocycles. The summed E-state index contributed by atoms with van der Waals surface area (Å²) in [4.78, 5) is 6.30. The fourth-order valence-electron chi connectivity index (χ4n) is 2.70. The van der Waals surface area contributed by atoms with E-state index in [-0.39, 0.29) is 0 Å². The SMILES string of the molecule is COc1cccc(CN(C)C(C)c2ccc(-n3cncn3)cc2)c1. The van der Waals surface area contributed by atoms with Gasteiger partial charge in [0.05, 0.1) is 12.8 Å². The minimum Gasteiger partial charge on any atom is -0.497 e. The zero-order valence-electron chi connectivity index (χ0n) is 14.3. The first-order valence-electron chi connectivity index (χ1n) is 7.95. The van der Waals surface area contributed by atoms with Crippen LogP contribution in [0.2, 0.25) is 0 Å². The van der Waals surface area contributed by atoms with Crippen LogP contribution in [-0.2, 0) is 6.54 Å². The van der Waals surface area contributed by atoms with E-state index in [1.165, 1.54) is 11.1 Å². The monoisotopic (exact) mass is 322 g/mol. The molecule has 3 rings (SSSR count). The van der Waals surface area contributed by atoms with Crippen molar-refractivity contribution in [3.05, 3.63) is 72.3 Å². The molecule has 0 aliphatic heterocycles. The molecule has 0 amide bonds. The lowest BCUT2D eigenvalue weighted by molar-refractivity contribution is 0.252. The molecule has 24 heavy (non-hydrogen) atoms. The van der Waals surface area contributed by atoms with Crippen LogP contribution in [0, 0.1) is 0 Å². The minimum absolute atomic E-state index is 0.306. The molecule has 124 valence electrons. The quantitative estimate of drug-likeness (QED) is 0.697. The van der Waals surface area contributed by atoms with Gasteiger partial charge in [-0.3, -0.25) is 4.90 Å². The van der Waals surface area contributed by atoms with E-state index in [4.69, 9.17) is 4.74 Å². The Hall–Kier alpha value is -2.66. The fourth-order valence-corrected chi connectivity index (χ4v) is 2.70. The number of rotatable bonds is 6. The molecule has 3 aromatic rings. The minimum atomic E-state index is 0.306. The van der Waals surface area contributed by atoms with Gasteiger partial charge in [0.15, 0.2) is 0 Å². The highest BCUT2D eigenvalue weighted by atomic mass is 16.5. The molecule has 0 aliphatic carbocycles. The van der Waals surface area contributed by atoms with E-state index in [1.807, 2.05) is 12.1 Å². The van der Waals surface area contributed by atoms with Crippen molar-refractivity contribution in [1.82, 2.24) is 19.7 Å². The molecule has 0 radical (unpaired) electrons. The maximum absolute atomic E-state index is 5.30. The summed E-state index contributed by atoms with van der Waals surface area (Å²) in [6.07, 6.45) is 3.24. The van der Waals surface area contributed by atoms with E-state index in [2.05, 4.69) is 65.4 Å². The molecule has 0 bridgehead atoms. The second-order valence-corrected chi connectivity index (χ2v) is 5.87. The number of aromatic nitrogens is 3. The van der Waals surface area contributed by atoms with Crippen molar-refractivity contribution >= 4 is 0 Å². The molecule has 0 aliphatic rings. The second kappa shape index (κ2) is 7.27. The average molecular weight is 322 g/mol. The third-order valence-electron chi connectivity index (χ3n) is 4.29. The van der Waals surface area contributed by atoms with Gasteiger partial charge in [-0.05, 0) is 49.4 Å². The predicted octanol–water partition coefficient (Wildman–Crippen LogP) is 3.47. The first-order valence-corrected chi connectivity index (χ1v) is 7.95. The summed E-state index contributed by atoms with van der Waals surface area (Å²) in [5.41, 5.74) is 3.52. The Labute approximate surface area is 142 Å². The summed E-state index contributed by atoms with van der Waals surface area (Å²) in [6, 6.07) is 16.9. The van der Waals surface area contributed by atoms with Gasteiger partial charge < -0.3 is 4.74 Å². The van der Waals surface area contributed by atoms with Gasteiger partial charge in [-0.25, -0.2) is 9.67 Å². The topological polar surface area (TPSA) is 43.2 Å². The van der Waals surface area contributed by atoms with Crippen LogP contribution in [-0.4, -0.2) is 33.8 Å². The molecule has 1 aromatic heterocycles. The predicted molar refractivity (Wildman–Crippen MR) is 94.2 cm³/mol. The van der Waals surface area contributed by atoms with Crippen LogP contribution in [0.5, 0.6) is 5.75 Å². The maximum atomic E-state index is 5.30. The van der Waals surface area contributed by atoms with Crippen molar-refractivity contribution in [1.29, 1.82) is 0 Å². The van der Waals surface area contributed by atoms with Gasteiger partial charge in [-0.2, -0.15) is 5.10 Å². The molecule has 1 heterocycles. The normalized spacial score (nSPS) is 12.3. The van der Waals surface area contributed by atoms with Gasteiger partial charge in [0.25, 0.3) is 0 Å². The third kappa shape index (κ3) is 3.63. The standard InChI is InChI=1S/C19H22N4O/c1-15(22(2)12-16-5-4-6-19(11-16)24-3)17-7-9-18(10-8-17)23-14-20-13-21-23/h4-11,13-15H,12H2,1-3H3. The van der Waals surface area contributed by atoms with Crippen LogP contribution in [0.15, 0.2) is 61.2 Å². The highest BCUT2D eigenvalue weighted by Gasteiger charge is 2.12. The van der Waals surface area contributed by atoms with Gasteiger partial charge in [0.1, 0.15) is 18.4 Å². The molecule has 0 spiro atoms. The second-order valence-electron chi connectivity index (χ2n) is 5.87. The van der Waals surface area contributed by atoms with Crippen molar-refractivity contribution in [3.8, 4) is 11.4 Å². The molecule has 5 heteroatoms. The zero-order chi connectivity index (χ0) is 16.9. The summed E-state index contributed by atoms with van der Waals surface area (Å²) in [6.45, 7) is 3.08. The number of methoxy groups -OCH3 is 1. The molecule has 5 nitrogen and oxygen atoms in total. The van der Waals surface area contributed by atoms with Crippen LogP contribution in [0.1, 0.15) is 24.1 Å². The summed E-state index contributed by atoms with van der Waals surface area (Å²) in [5.74, 6) is 0.894. The average Bonchev–Trinajstić information content (AvgIpc) is 3.16. The van der Waals surface area contributed by atoms with E-state index < -0.39 is 0 Å². The Morgan fingerprint density at radius 2 is 1.96 bits per heavy atom. The van der Waals surface area contributed by atoms with E-state index >= 15 is 0 Å². The van der Waals surface area contributed by atoms with Crippen molar-refractivity contribution in [2.45, 2.75) is 19.5 Å². The van der Waals surface area contributed by atoms with Crippen LogP contribution in [0.3, 0.4) is 0 Å². The lowest BCUT2D eigenvalue weighted by Crippen LogP contribution is -2.21. The van der Waals surface area contributed by atoms with E-state index in [0.29, 0.717) is 6.04 Å². The Morgan fingerprint density at radius 1 is 1.17 bits per heavy atom. The van der Waals surface area contributed by atoms with Crippen molar-refractivity contribution < 1.29 is 4.74 Å². The Kier molecular flexibility index (Phi) is 4.91. The lowest BCUT2D eigenvalue weighted by Gasteiger charge is -2.25. The molecule has 0 N–H and O–H groups in total. The van der Waals surface area contributed by atoms with Crippen LogP contribution in [0.25, 0.3) is 5.69 Å². The van der Waals surface area contributed by atoms with Gasteiger partial charge >= 0.3 is 0 Å². The van der Waals surface area contributed by atoms with Crippen LogP contribution >= 0.6 is 0 Å². The fraction of sp³-hybridized carbons (Fsp3) is 0.263. The Morgan fingerprint density at radius 3 is 2.62 bits per heavy atom. The van der Waals surface area contributed by atoms with Gasteiger partial charge in [-0.15, -0.1) is 0 Å². The van der Waals surface area contributed by atoms with Gasteiger partial charge in [-0.1, -0.05) is 24.3 Å². The molecular formula is C19H22N4O. The van der Waals surface area contributed by atoms with Crippen LogP contribution in [0.4, 0.5) is 0 Å². The van der Waals surface area contributed by atoms with E-state index in [0.717, 1.165) is 18.0 Å². The largest absolute Gasteiger partial charge is 0.497 e. The molecule has 2 aromatic carbocycles. The van der Waals surface area contributed by atoms with E-state index in [9.17, 15) is 0 Å². The van der Waals surface area contributed by atoms with Crippen molar-refractivity contribution in [2.75, 3.05) is 14.2 Å². The van der Waals surface area contributed by atoms with Crippen LogP contribution < -0.4 is 4.74 Å². The number of hydrogen-bond acceptors (Lipinski definition) is 4. The summed E-state index contributed by atoms with van der Waals surface area (Å²) < 4.78 is 7.06. The Bertz CT molecular complexity index is 768. The van der Waals surface area contributed by atoms with Gasteiger partial charge in [0.2, 0.25) is 0 Å². The van der Waals surface area contributed by atoms with Gasteiger partial charge in [0, 0.05) is 12.6 Å². The Balaban J connectivity index is 1.69. The third-order valence-corrected chi connectivity index (χ3v) is 4.29. The summed E-state index contributed by atoms with van der Waals surface area (Å²) >= 11 is 0. The molecule has 0 fully saturated rings. The summed E-state index contributed by atoms with van der Waals surface area (Å²) in [5, 5.41) is 4.15. The highest BCUT2D eigenvalue weighted by Crippen LogP contribution is 2.23. The lowest BCUT2D eigenvalue weighted by atomic mass is 10.1. The first kappa shape index (κ1) is 16.2. The first-order chi connectivity index (χ1) is 11.7. The number of benzene rings is 2. The number of ether oxygens (including phenoxy) is 1. The van der Waals surface area contributed by atoms with E-state index in [1.54, 1.807) is 24.4 Å². The zero-order valence-corrected chi connectivity index (χ0v) is 14.3. The number of nitrogens with zero attached hydrogens (tertiary/aromatic N) is 4. The summed E-state index contributed by atoms with van der Waals surface area (Å²) in [7, 11) is 3.83.